The van der Waals surface area contributed by atoms with Crippen molar-refractivity contribution in [1.29, 1.82) is 0 Å². The van der Waals surface area contributed by atoms with Crippen LogP contribution in [0.1, 0.15) is 258 Å². The van der Waals surface area contributed by atoms with Crippen molar-refractivity contribution in [2.24, 2.45) is 0 Å². The predicted molar refractivity (Wildman–Crippen MR) is 329 cm³/mol. The third kappa shape index (κ3) is 43.0. The van der Waals surface area contributed by atoms with E-state index in [0.29, 0.717) is 12.8 Å². The average Bonchev–Trinajstić information content (AvgIpc) is 3.47. The number of rotatable bonds is 53. The van der Waals surface area contributed by atoms with E-state index < -0.39 is 67.4 Å². The normalized spacial score (nSPS) is 19.5. The van der Waals surface area contributed by atoms with E-state index in [2.05, 4.69) is 111 Å². The standard InChI is InChI=1S/C68H117NO10/c1-4-7-10-13-16-19-22-24-26-28-30-32-33-35-37-40-43-46-49-52-55-61(72)67(76)69-59(60(71)54-51-48-45-42-39-21-18-15-12-9-6-3)58-77-68-66(65(75)64(74)62(57-70)78-68)79-63(73)56-53-50-47-44-41-38-36-34-31-29-27-25-23-20-17-14-11-8-5-2/h16-17,19-20,24-27,30-32,34,38,41,51,54,59-62,64-66,68,70-72,74-75H,4-15,18,21-23,28-29,33,35-37,39-40,42-50,52-53,55-58H2,1-3H3,(H,69,76)/b19-16-,20-17-,26-24-,27-25-,32-30-,34-31-,41-38-,54-51+. The molecule has 11 nitrogen and oxygen atoms in total. The van der Waals surface area contributed by atoms with Crippen molar-refractivity contribution in [1.82, 2.24) is 5.32 Å². The summed E-state index contributed by atoms with van der Waals surface area (Å²) < 4.78 is 17.6. The Balaban J connectivity index is 2.68. The summed E-state index contributed by atoms with van der Waals surface area (Å²) >= 11 is 0. The number of carbonyl (C=O) groups is 2. The Bertz CT molecular complexity index is 1650. The van der Waals surface area contributed by atoms with Crippen LogP contribution in [0.2, 0.25) is 0 Å². The molecular weight excluding hydrogens is 991 g/mol. The number of unbranched alkanes of at least 4 members (excludes halogenated alkanes) is 25. The van der Waals surface area contributed by atoms with Crippen LogP contribution in [0.5, 0.6) is 0 Å². The number of carbonyl (C=O) groups excluding carboxylic acids is 2. The summed E-state index contributed by atoms with van der Waals surface area (Å²) in [5.74, 6) is -1.24. The fraction of sp³-hybridized carbons (Fsp3) is 0.735. The number of aliphatic hydroxyl groups excluding tert-OH is 5. The zero-order chi connectivity index (χ0) is 57.5. The van der Waals surface area contributed by atoms with Crippen LogP contribution in [-0.4, -0.2) is 99.6 Å². The summed E-state index contributed by atoms with van der Waals surface area (Å²) in [5.41, 5.74) is 0. The predicted octanol–water partition coefficient (Wildman–Crippen LogP) is 15.5. The van der Waals surface area contributed by atoms with Crippen molar-refractivity contribution in [3.05, 3.63) is 97.2 Å². The number of hydrogen-bond donors (Lipinski definition) is 6. The van der Waals surface area contributed by atoms with Gasteiger partial charge in [-0.25, -0.2) is 0 Å². The van der Waals surface area contributed by atoms with Gasteiger partial charge in [0.2, 0.25) is 5.91 Å². The van der Waals surface area contributed by atoms with Crippen molar-refractivity contribution in [2.75, 3.05) is 13.2 Å². The van der Waals surface area contributed by atoms with Crippen molar-refractivity contribution < 1.29 is 49.3 Å². The average molecular weight is 1110 g/mol. The summed E-state index contributed by atoms with van der Waals surface area (Å²) in [6.07, 6.45) is 62.9. The van der Waals surface area contributed by atoms with E-state index in [1.54, 1.807) is 6.08 Å². The fourth-order valence-electron chi connectivity index (χ4n) is 9.35. The van der Waals surface area contributed by atoms with Crippen molar-refractivity contribution in [3.63, 3.8) is 0 Å². The van der Waals surface area contributed by atoms with Gasteiger partial charge in [-0.3, -0.25) is 9.59 Å². The van der Waals surface area contributed by atoms with Gasteiger partial charge in [-0.1, -0.05) is 240 Å². The smallest absolute Gasteiger partial charge is 0.306 e. The van der Waals surface area contributed by atoms with Gasteiger partial charge in [-0.05, 0) is 109 Å². The van der Waals surface area contributed by atoms with E-state index in [9.17, 15) is 35.1 Å². The van der Waals surface area contributed by atoms with E-state index in [1.807, 2.05) is 6.08 Å². The maximum atomic E-state index is 13.4. The highest BCUT2D eigenvalue weighted by atomic mass is 16.7. The zero-order valence-electron chi connectivity index (χ0n) is 50.2. The van der Waals surface area contributed by atoms with Gasteiger partial charge >= 0.3 is 5.97 Å². The highest BCUT2D eigenvalue weighted by molar-refractivity contribution is 5.80. The molecule has 0 aromatic carbocycles. The highest BCUT2D eigenvalue weighted by Crippen LogP contribution is 2.26. The van der Waals surface area contributed by atoms with Gasteiger partial charge in [0.05, 0.1) is 25.4 Å². The monoisotopic (exact) mass is 1110 g/mol. The molecule has 8 atom stereocenters. The van der Waals surface area contributed by atoms with Crippen LogP contribution in [0.4, 0.5) is 0 Å². The molecule has 0 aliphatic carbocycles. The van der Waals surface area contributed by atoms with E-state index in [1.165, 1.54) is 103 Å². The first-order chi connectivity index (χ1) is 38.7. The Hall–Kier alpha value is -3.42. The molecule has 0 saturated carbocycles. The molecule has 0 spiro atoms. The SMILES string of the molecule is CCCCC/C=C\C/C=C\C/C=C\C/C=C\CCCCCC(=O)OC1C(OCC(NC(=O)C(O)CCCCCCCCC/C=C\C/C=C\C/C=C\CCCCC)C(O)/C=C/CCCCCCCCCCC)OC(CO)C(O)C1O. The van der Waals surface area contributed by atoms with Gasteiger partial charge in [0.1, 0.15) is 24.4 Å². The topological polar surface area (TPSA) is 175 Å². The minimum absolute atomic E-state index is 0.0808. The molecule has 0 bridgehead atoms. The van der Waals surface area contributed by atoms with Gasteiger partial charge in [0, 0.05) is 6.42 Å². The second kappa shape index (κ2) is 55.1. The van der Waals surface area contributed by atoms with Gasteiger partial charge < -0.3 is 45.1 Å². The van der Waals surface area contributed by atoms with Crippen LogP contribution in [0, 0.1) is 0 Å². The van der Waals surface area contributed by atoms with Crippen molar-refractivity contribution in [2.45, 2.75) is 307 Å². The summed E-state index contributed by atoms with van der Waals surface area (Å²) in [6.45, 7) is 5.70. The summed E-state index contributed by atoms with van der Waals surface area (Å²) in [4.78, 5) is 26.6. The lowest BCUT2D eigenvalue weighted by Gasteiger charge is -2.41. The van der Waals surface area contributed by atoms with Crippen LogP contribution in [-0.2, 0) is 23.8 Å². The Morgan fingerprint density at radius 3 is 1.33 bits per heavy atom. The number of esters is 1. The first-order valence-corrected chi connectivity index (χ1v) is 32.0. The third-order valence-electron chi connectivity index (χ3n) is 14.5. The Morgan fingerprint density at radius 2 is 0.873 bits per heavy atom. The van der Waals surface area contributed by atoms with E-state index in [-0.39, 0.29) is 19.4 Å². The quantitative estimate of drug-likeness (QED) is 0.0195. The number of aliphatic hydroxyl groups is 5. The van der Waals surface area contributed by atoms with Crippen molar-refractivity contribution >= 4 is 11.9 Å². The number of allylic oxidation sites excluding steroid dienone is 15. The first-order valence-electron chi connectivity index (χ1n) is 32.0. The molecule has 6 N–H and O–H groups in total. The second-order valence-corrected chi connectivity index (χ2v) is 21.8. The van der Waals surface area contributed by atoms with E-state index in [0.717, 1.165) is 109 Å². The van der Waals surface area contributed by atoms with E-state index in [4.69, 9.17) is 14.2 Å². The van der Waals surface area contributed by atoms with Gasteiger partial charge in [-0.15, -0.1) is 0 Å². The molecule has 1 aliphatic rings. The molecule has 1 fully saturated rings. The molecule has 0 aromatic heterocycles. The molecule has 1 heterocycles. The molecule has 1 aliphatic heterocycles. The zero-order valence-corrected chi connectivity index (χ0v) is 50.2. The van der Waals surface area contributed by atoms with E-state index >= 15 is 0 Å². The van der Waals surface area contributed by atoms with Gasteiger partial charge in [-0.2, -0.15) is 0 Å². The maximum absolute atomic E-state index is 13.4. The third-order valence-corrected chi connectivity index (χ3v) is 14.5. The lowest BCUT2D eigenvalue weighted by atomic mass is 9.99. The molecule has 0 aromatic rings. The minimum Gasteiger partial charge on any atom is -0.454 e. The molecule has 8 unspecified atom stereocenters. The van der Waals surface area contributed by atoms with Crippen LogP contribution in [0.25, 0.3) is 0 Å². The second-order valence-electron chi connectivity index (χ2n) is 21.8. The fourth-order valence-corrected chi connectivity index (χ4v) is 9.35. The maximum Gasteiger partial charge on any atom is 0.306 e. The molecule has 11 heteroatoms. The van der Waals surface area contributed by atoms with Crippen LogP contribution in [0.3, 0.4) is 0 Å². The van der Waals surface area contributed by atoms with Gasteiger partial charge in [0.15, 0.2) is 12.4 Å². The molecule has 454 valence electrons. The Labute approximate surface area is 482 Å². The van der Waals surface area contributed by atoms with Crippen LogP contribution < -0.4 is 5.32 Å². The minimum atomic E-state index is -1.63. The number of hydrogen-bond acceptors (Lipinski definition) is 10. The number of nitrogens with one attached hydrogen (secondary N) is 1. The molecule has 0 radical (unpaired) electrons. The largest absolute Gasteiger partial charge is 0.454 e. The lowest BCUT2D eigenvalue weighted by molar-refractivity contribution is -0.305. The Morgan fingerprint density at radius 1 is 0.494 bits per heavy atom. The first kappa shape index (κ1) is 73.6. The molecular formula is C68H117NO10. The summed E-state index contributed by atoms with van der Waals surface area (Å²) in [7, 11) is 0. The number of ether oxygens (including phenoxy) is 3. The highest BCUT2D eigenvalue weighted by Gasteiger charge is 2.47. The molecule has 1 saturated heterocycles. The van der Waals surface area contributed by atoms with Crippen LogP contribution >= 0.6 is 0 Å². The van der Waals surface area contributed by atoms with Gasteiger partial charge in [0.25, 0.3) is 0 Å². The number of amides is 1. The summed E-state index contributed by atoms with van der Waals surface area (Å²) in [6, 6.07) is -1.04. The lowest BCUT2D eigenvalue weighted by Crippen LogP contribution is -2.61. The molecule has 79 heavy (non-hydrogen) atoms. The molecule has 1 rings (SSSR count). The van der Waals surface area contributed by atoms with Crippen molar-refractivity contribution in [3.8, 4) is 0 Å². The summed E-state index contributed by atoms with van der Waals surface area (Å²) in [5, 5.41) is 57.0. The molecule has 1 amide bonds. The van der Waals surface area contributed by atoms with Crippen LogP contribution in [0.15, 0.2) is 97.2 Å². The Kier molecular flexibility index (Phi) is 51.4.